The first kappa shape index (κ1) is 21.4. The summed E-state index contributed by atoms with van der Waals surface area (Å²) >= 11 is 0. The van der Waals surface area contributed by atoms with Gasteiger partial charge in [0.2, 0.25) is 0 Å². The third-order valence-corrected chi connectivity index (χ3v) is 7.19. The van der Waals surface area contributed by atoms with Gasteiger partial charge in [-0.05, 0) is 63.2 Å². The van der Waals surface area contributed by atoms with Gasteiger partial charge in [-0.15, -0.1) is 0 Å². The number of likely N-dealkylation sites (tertiary alicyclic amines) is 1. The zero-order chi connectivity index (χ0) is 22.1. The Bertz CT molecular complexity index is 1070. The van der Waals surface area contributed by atoms with Crippen LogP contribution in [-0.4, -0.2) is 60.8 Å². The lowest BCUT2D eigenvalue weighted by molar-refractivity contribution is 0.254. The van der Waals surface area contributed by atoms with Crippen LogP contribution in [0.3, 0.4) is 0 Å². The molecule has 2 aromatic heterocycles. The molecule has 1 unspecified atom stereocenters. The minimum absolute atomic E-state index is 0.540. The molecule has 5 rings (SSSR count). The number of rotatable bonds is 8. The molecule has 1 atom stereocenters. The van der Waals surface area contributed by atoms with Gasteiger partial charge in [0.1, 0.15) is 5.82 Å². The lowest BCUT2D eigenvalue weighted by atomic mass is 10.0. The molecule has 32 heavy (non-hydrogen) atoms. The number of benzene rings is 1. The molecule has 1 aromatic carbocycles. The SMILES string of the molecule is COc1cc2c(cc1OCCCN1CCCC1)[nH]c1ccnc(N3CCCC3C(C)C)c12. The third kappa shape index (κ3) is 4.01. The molecule has 0 spiro atoms. The lowest BCUT2D eigenvalue weighted by Crippen LogP contribution is -2.34. The second kappa shape index (κ2) is 9.18. The zero-order valence-electron chi connectivity index (χ0n) is 19.7. The fourth-order valence-electron chi connectivity index (χ4n) is 5.55. The fourth-order valence-corrected chi connectivity index (χ4v) is 5.55. The van der Waals surface area contributed by atoms with Gasteiger partial charge in [-0.3, -0.25) is 0 Å². The summed E-state index contributed by atoms with van der Waals surface area (Å²) in [5.41, 5.74) is 2.19. The van der Waals surface area contributed by atoms with Crippen LogP contribution in [0.4, 0.5) is 5.82 Å². The van der Waals surface area contributed by atoms with Gasteiger partial charge in [-0.2, -0.15) is 0 Å². The number of methoxy groups -OCH3 is 1. The van der Waals surface area contributed by atoms with Crippen molar-refractivity contribution in [3.63, 3.8) is 0 Å². The molecule has 172 valence electrons. The van der Waals surface area contributed by atoms with Crippen molar-refractivity contribution in [2.24, 2.45) is 5.92 Å². The molecular weight excluding hydrogens is 400 g/mol. The Morgan fingerprint density at radius 1 is 1.09 bits per heavy atom. The average Bonchev–Trinajstić information content (AvgIpc) is 3.55. The van der Waals surface area contributed by atoms with Crippen molar-refractivity contribution in [1.29, 1.82) is 0 Å². The fraction of sp³-hybridized carbons (Fsp3) is 0.577. The molecule has 4 heterocycles. The molecule has 2 aliphatic rings. The van der Waals surface area contributed by atoms with E-state index in [2.05, 4.69) is 46.8 Å². The molecule has 0 bridgehead atoms. The number of hydrogen-bond acceptors (Lipinski definition) is 5. The smallest absolute Gasteiger partial charge is 0.163 e. The van der Waals surface area contributed by atoms with E-state index in [0.717, 1.165) is 53.2 Å². The van der Waals surface area contributed by atoms with Crippen LogP contribution in [0.15, 0.2) is 24.4 Å². The monoisotopic (exact) mass is 436 g/mol. The van der Waals surface area contributed by atoms with Crippen LogP contribution in [0.2, 0.25) is 0 Å². The minimum atomic E-state index is 0.540. The Morgan fingerprint density at radius 3 is 2.72 bits per heavy atom. The molecule has 0 aliphatic carbocycles. The van der Waals surface area contributed by atoms with Crippen molar-refractivity contribution in [2.45, 2.75) is 52.0 Å². The van der Waals surface area contributed by atoms with Gasteiger partial charge >= 0.3 is 0 Å². The largest absolute Gasteiger partial charge is 0.493 e. The van der Waals surface area contributed by atoms with E-state index in [0.29, 0.717) is 18.6 Å². The van der Waals surface area contributed by atoms with E-state index in [-0.39, 0.29) is 0 Å². The quantitative estimate of drug-likeness (QED) is 0.491. The van der Waals surface area contributed by atoms with Crippen LogP contribution in [-0.2, 0) is 0 Å². The van der Waals surface area contributed by atoms with Gasteiger partial charge in [0.15, 0.2) is 11.5 Å². The van der Waals surface area contributed by atoms with E-state index in [4.69, 9.17) is 14.5 Å². The Balaban J connectivity index is 1.44. The summed E-state index contributed by atoms with van der Waals surface area (Å²) in [4.78, 5) is 13.5. The molecule has 2 fully saturated rings. The van der Waals surface area contributed by atoms with Gasteiger partial charge in [-0.1, -0.05) is 13.8 Å². The van der Waals surface area contributed by atoms with E-state index >= 15 is 0 Å². The van der Waals surface area contributed by atoms with Gasteiger partial charge in [0.25, 0.3) is 0 Å². The Hall–Kier alpha value is -2.47. The van der Waals surface area contributed by atoms with Crippen molar-refractivity contribution in [1.82, 2.24) is 14.9 Å². The van der Waals surface area contributed by atoms with Crippen LogP contribution in [0, 0.1) is 5.92 Å². The molecule has 0 saturated carbocycles. The van der Waals surface area contributed by atoms with Crippen LogP contribution in [0.25, 0.3) is 21.8 Å². The van der Waals surface area contributed by atoms with Crippen molar-refractivity contribution < 1.29 is 9.47 Å². The van der Waals surface area contributed by atoms with Crippen LogP contribution >= 0.6 is 0 Å². The second-order valence-electron chi connectivity index (χ2n) is 9.63. The molecule has 0 radical (unpaired) electrons. The van der Waals surface area contributed by atoms with Gasteiger partial charge in [0, 0.05) is 36.8 Å². The van der Waals surface area contributed by atoms with Gasteiger partial charge < -0.3 is 24.3 Å². The van der Waals surface area contributed by atoms with E-state index in [9.17, 15) is 0 Å². The van der Waals surface area contributed by atoms with Crippen LogP contribution < -0.4 is 14.4 Å². The van der Waals surface area contributed by atoms with Crippen molar-refractivity contribution >= 4 is 27.6 Å². The van der Waals surface area contributed by atoms with Gasteiger partial charge in [-0.25, -0.2) is 4.98 Å². The van der Waals surface area contributed by atoms with E-state index in [1.54, 1.807) is 7.11 Å². The number of nitrogens with one attached hydrogen (secondary N) is 1. The molecule has 2 aliphatic heterocycles. The number of aromatic nitrogens is 2. The first-order valence-electron chi connectivity index (χ1n) is 12.3. The maximum absolute atomic E-state index is 6.17. The second-order valence-corrected chi connectivity index (χ2v) is 9.63. The lowest BCUT2D eigenvalue weighted by Gasteiger charge is -2.29. The van der Waals surface area contributed by atoms with E-state index in [1.807, 2.05) is 6.20 Å². The average molecular weight is 437 g/mol. The minimum Gasteiger partial charge on any atom is -0.493 e. The summed E-state index contributed by atoms with van der Waals surface area (Å²) in [6.45, 7) is 9.97. The number of H-pyrrole nitrogens is 1. The predicted molar refractivity (Wildman–Crippen MR) is 131 cm³/mol. The highest BCUT2D eigenvalue weighted by Gasteiger charge is 2.30. The summed E-state index contributed by atoms with van der Waals surface area (Å²) in [7, 11) is 1.72. The van der Waals surface area contributed by atoms with E-state index in [1.165, 1.54) is 44.2 Å². The zero-order valence-corrected chi connectivity index (χ0v) is 19.7. The molecule has 6 nitrogen and oxygen atoms in total. The number of pyridine rings is 1. The Morgan fingerprint density at radius 2 is 1.94 bits per heavy atom. The van der Waals surface area contributed by atoms with E-state index < -0.39 is 0 Å². The van der Waals surface area contributed by atoms with Crippen molar-refractivity contribution in [3.05, 3.63) is 24.4 Å². The summed E-state index contributed by atoms with van der Waals surface area (Å²) in [5, 5.41) is 2.34. The molecule has 3 aromatic rings. The summed E-state index contributed by atoms with van der Waals surface area (Å²) in [5.74, 6) is 3.29. The number of hydrogen-bond donors (Lipinski definition) is 1. The first-order chi connectivity index (χ1) is 15.7. The highest BCUT2D eigenvalue weighted by molar-refractivity contribution is 6.13. The highest BCUT2D eigenvalue weighted by atomic mass is 16.5. The molecule has 0 amide bonds. The third-order valence-electron chi connectivity index (χ3n) is 7.19. The number of ether oxygens (including phenoxy) is 2. The number of fused-ring (bicyclic) bond motifs is 3. The first-order valence-corrected chi connectivity index (χ1v) is 12.3. The molecule has 2 saturated heterocycles. The summed E-state index contributed by atoms with van der Waals surface area (Å²) in [6.07, 6.45) is 8.08. The highest BCUT2D eigenvalue weighted by Crippen LogP contribution is 2.41. The van der Waals surface area contributed by atoms with Crippen molar-refractivity contribution in [2.75, 3.05) is 44.8 Å². The standard InChI is InChI=1S/C26H36N4O2/c1-18(2)22-8-6-14-30(22)26-25-19-16-23(31-3)24(17-21(19)28-20(25)9-10-27-26)32-15-7-13-29-11-4-5-12-29/h9-10,16-18,22,28H,4-8,11-15H2,1-3H3. The molecule has 1 N–H and O–H groups in total. The number of aromatic amines is 1. The van der Waals surface area contributed by atoms with Gasteiger partial charge in [0.05, 0.1) is 30.1 Å². The number of nitrogens with zero attached hydrogens (tertiary/aromatic N) is 3. The van der Waals surface area contributed by atoms with Crippen LogP contribution in [0.1, 0.15) is 46.0 Å². The predicted octanol–water partition coefficient (Wildman–Crippen LogP) is 5.21. The summed E-state index contributed by atoms with van der Waals surface area (Å²) < 4.78 is 11.9. The Labute approximate surface area is 190 Å². The molecular formula is C26H36N4O2. The maximum Gasteiger partial charge on any atom is 0.163 e. The molecule has 6 heteroatoms. The number of anilines is 1. The Kier molecular flexibility index (Phi) is 6.13. The summed E-state index contributed by atoms with van der Waals surface area (Å²) in [6, 6.07) is 6.83. The topological polar surface area (TPSA) is 53.6 Å². The van der Waals surface area contributed by atoms with Crippen molar-refractivity contribution in [3.8, 4) is 11.5 Å². The van der Waals surface area contributed by atoms with Crippen LogP contribution in [0.5, 0.6) is 11.5 Å². The normalized spacial score (nSPS) is 19.6. The maximum atomic E-state index is 6.17.